The molecule has 1 fully saturated rings. The minimum absolute atomic E-state index is 0.0961. The maximum atomic E-state index is 12.3. The predicted octanol–water partition coefficient (Wildman–Crippen LogP) is 0.448. The lowest BCUT2D eigenvalue weighted by Gasteiger charge is -2.31. The number of carbonyl (C=O) groups is 2. The number of carbonyl (C=O) groups excluding carboxylic acids is 2. The molecule has 0 aliphatic carbocycles. The normalized spacial score (nSPS) is 24.1. The van der Waals surface area contributed by atoms with Crippen molar-refractivity contribution in [2.24, 2.45) is 12.5 Å². The van der Waals surface area contributed by atoms with E-state index in [9.17, 15) is 19.9 Å². The van der Waals surface area contributed by atoms with Crippen LogP contribution >= 0.6 is 0 Å². The highest BCUT2D eigenvalue weighted by molar-refractivity contribution is 5.93. The quantitative estimate of drug-likeness (QED) is 0.489. The first-order valence-corrected chi connectivity index (χ1v) is 8.92. The Bertz CT molecular complexity index is 840. The first-order valence-electron chi connectivity index (χ1n) is 8.92. The number of hydroxylamine groups is 2. The van der Waals surface area contributed by atoms with E-state index in [1.165, 1.54) is 12.5 Å². The molecule has 0 saturated carbocycles. The summed E-state index contributed by atoms with van der Waals surface area (Å²) in [4.78, 5) is 28.4. The topological polar surface area (TPSA) is 117 Å². The summed E-state index contributed by atoms with van der Waals surface area (Å²) in [5.74, 6) is -0.880. The largest absolute Gasteiger partial charge is 0.390 e. The molecule has 1 aromatic heterocycles. The van der Waals surface area contributed by atoms with Crippen LogP contribution in [0.3, 0.4) is 0 Å². The molecule has 1 aliphatic heterocycles. The number of rotatable bonds is 6. The molecule has 0 bridgehead atoms. The highest BCUT2D eigenvalue weighted by Gasteiger charge is 2.47. The van der Waals surface area contributed by atoms with E-state index < -0.39 is 23.5 Å². The molecule has 2 aromatic rings. The van der Waals surface area contributed by atoms with Gasteiger partial charge in [0.05, 0.1) is 31.8 Å². The number of hydrogen-bond donors (Lipinski definition) is 3. The fraction of sp³-hybridized carbons (Fsp3) is 0.421. The van der Waals surface area contributed by atoms with Gasteiger partial charge in [-0.3, -0.25) is 14.8 Å². The number of imidazole rings is 1. The van der Waals surface area contributed by atoms with Crippen LogP contribution in [0.5, 0.6) is 0 Å². The van der Waals surface area contributed by atoms with Crippen LogP contribution in [-0.2, 0) is 11.8 Å². The number of amides is 2. The van der Waals surface area contributed by atoms with Gasteiger partial charge in [-0.25, -0.2) is 10.0 Å². The van der Waals surface area contributed by atoms with E-state index in [1.807, 2.05) is 0 Å². The zero-order valence-electron chi connectivity index (χ0n) is 15.8. The van der Waals surface area contributed by atoms with Gasteiger partial charge in [0.2, 0.25) is 0 Å². The third-order valence-corrected chi connectivity index (χ3v) is 4.97. The lowest BCUT2D eigenvalue weighted by atomic mass is 9.84. The van der Waals surface area contributed by atoms with Gasteiger partial charge in [-0.1, -0.05) is 25.1 Å². The van der Waals surface area contributed by atoms with Crippen LogP contribution in [-0.4, -0.2) is 68.6 Å². The average Bonchev–Trinajstić information content (AvgIpc) is 3.24. The number of aliphatic hydroxyl groups is 1. The number of nitrogens with one attached hydrogen (secondary N) is 1. The Morgan fingerprint density at radius 1 is 1.39 bits per heavy atom. The summed E-state index contributed by atoms with van der Waals surface area (Å²) in [6, 6.07) is 8.39. The summed E-state index contributed by atoms with van der Waals surface area (Å²) in [7, 11) is 1.71. The number of ether oxygens (including phenoxy) is 1. The summed E-state index contributed by atoms with van der Waals surface area (Å²) in [5.41, 5.74) is -0.131. The van der Waals surface area contributed by atoms with E-state index in [-0.39, 0.29) is 25.6 Å². The van der Waals surface area contributed by atoms with Crippen LogP contribution in [0, 0.1) is 5.41 Å². The Morgan fingerprint density at radius 2 is 2.11 bits per heavy atom. The van der Waals surface area contributed by atoms with Gasteiger partial charge < -0.3 is 19.7 Å². The van der Waals surface area contributed by atoms with Gasteiger partial charge in [-0.15, -0.1) is 0 Å². The molecule has 2 heterocycles. The fourth-order valence-electron chi connectivity index (χ4n) is 3.24. The van der Waals surface area contributed by atoms with Crippen LogP contribution in [0.1, 0.15) is 27.8 Å². The van der Waals surface area contributed by atoms with Crippen LogP contribution in [0.4, 0.5) is 0 Å². The molecule has 28 heavy (non-hydrogen) atoms. The highest BCUT2D eigenvalue weighted by Crippen LogP contribution is 2.33. The van der Waals surface area contributed by atoms with Crippen LogP contribution in [0.15, 0.2) is 42.9 Å². The van der Waals surface area contributed by atoms with E-state index in [4.69, 9.17) is 4.74 Å². The fourth-order valence-corrected chi connectivity index (χ4v) is 3.24. The lowest BCUT2D eigenvalue weighted by molar-refractivity contribution is -0.0940. The van der Waals surface area contributed by atoms with Crippen molar-refractivity contribution >= 4 is 11.8 Å². The van der Waals surface area contributed by atoms with Crippen molar-refractivity contribution in [1.82, 2.24) is 19.9 Å². The smallest absolute Gasteiger partial charge is 0.277 e. The molecule has 3 N–H and O–H groups in total. The first kappa shape index (κ1) is 20.0. The molecule has 3 rings (SSSR count). The van der Waals surface area contributed by atoms with Crippen molar-refractivity contribution in [3.05, 3.63) is 54.1 Å². The Morgan fingerprint density at radius 3 is 2.75 bits per heavy atom. The molecule has 3 atom stereocenters. The minimum atomic E-state index is -0.974. The third-order valence-electron chi connectivity index (χ3n) is 4.97. The number of aryl methyl sites for hydroxylation is 1. The van der Waals surface area contributed by atoms with Crippen molar-refractivity contribution < 1.29 is 24.6 Å². The summed E-state index contributed by atoms with van der Waals surface area (Å²) in [6.45, 7) is 1.86. The van der Waals surface area contributed by atoms with Crippen molar-refractivity contribution in [3.63, 3.8) is 0 Å². The van der Waals surface area contributed by atoms with Gasteiger partial charge in [0.1, 0.15) is 11.8 Å². The van der Waals surface area contributed by atoms with Crippen molar-refractivity contribution in [1.29, 1.82) is 0 Å². The second-order valence-corrected chi connectivity index (χ2v) is 7.28. The Kier molecular flexibility index (Phi) is 5.78. The van der Waals surface area contributed by atoms with Gasteiger partial charge in [0, 0.05) is 24.6 Å². The van der Waals surface area contributed by atoms with Gasteiger partial charge in [-0.2, -0.15) is 0 Å². The maximum Gasteiger partial charge on any atom is 0.277 e. The standard InChI is InChI=1S/C19H24N4O5/c1-19(10-23(27)18(26)13-6-4-3-5-7-13)11-28-15(16(19)24)9-21-17(25)14-8-20-12-22(14)2/h3-8,12,15-16,24,27H,9-11H2,1-2H3,(H,21,25)/t15-,16-,19-/m1/s1. The van der Waals surface area contributed by atoms with E-state index in [1.54, 1.807) is 48.9 Å². The first-order chi connectivity index (χ1) is 13.3. The van der Waals surface area contributed by atoms with E-state index in [0.717, 1.165) is 0 Å². The average molecular weight is 388 g/mol. The Balaban J connectivity index is 1.57. The number of nitrogens with zero attached hydrogens (tertiary/aromatic N) is 3. The number of aliphatic hydroxyl groups excluding tert-OH is 1. The molecule has 0 radical (unpaired) electrons. The second-order valence-electron chi connectivity index (χ2n) is 7.28. The molecule has 2 amide bonds. The molecule has 1 aliphatic rings. The van der Waals surface area contributed by atoms with E-state index >= 15 is 0 Å². The molecule has 0 unspecified atom stereocenters. The SMILES string of the molecule is Cn1cncc1C(=O)NC[C@H]1OC[C@@](C)(CN(O)C(=O)c2ccccc2)[C@@H]1O. The molecule has 9 heteroatoms. The number of hydrogen-bond acceptors (Lipinski definition) is 6. The monoisotopic (exact) mass is 388 g/mol. The van der Waals surface area contributed by atoms with Gasteiger partial charge in [-0.05, 0) is 12.1 Å². The maximum absolute atomic E-state index is 12.3. The molecule has 150 valence electrons. The van der Waals surface area contributed by atoms with Crippen LogP contribution in [0.2, 0.25) is 0 Å². The molecule has 1 saturated heterocycles. The summed E-state index contributed by atoms with van der Waals surface area (Å²) >= 11 is 0. The van der Waals surface area contributed by atoms with E-state index in [2.05, 4.69) is 10.3 Å². The summed E-state index contributed by atoms with van der Waals surface area (Å²) in [6.07, 6.45) is 1.34. The Hall–Kier alpha value is -2.75. The number of benzene rings is 1. The molecular formula is C19H24N4O5. The van der Waals surface area contributed by atoms with Crippen molar-refractivity contribution in [2.75, 3.05) is 19.7 Å². The van der Waals surface area contributed by atoms with Crippen molar-refractivity contribution in [3.8, 4) is 0 Å². The Labute approximate surface area is 162 Å². The summed E-state index contributed by atoms with van der Waals surface area (Å²) < 4.78 is 7.22. The molecule has 1 aromatic carbocycles. The highest BCUT2D eigenvalue weighted by atomic mass is 16.5. The van der Waals surface area contributed by atoms with E-state index in [0.29, 0.717) is 16.3 Å². The summed E-state index contributed by atoms with van der Waals surface area (Å²) in [5, 5.41) is 24.2. The van der Waals surface area contributed by atoms with Gasteiger partial charge >= 0.3 is 0 Å². The second kappa shape index (κ2) is 8.09. The predicted molar refractivity (Wildman–Crippen MR) is 98.7 cm³/mol. The minimum Gasteiger partial charge on any atom is -0.390 e. The molecular weight excluding hydrogens is 364 g/mol. The van der Waals surface area contributed by atoms with Crippen LogP contribution < -0.4 is 5.32 Å². The third kappa shape index (κ3) is 4.06. The molecule has 0 spiro atoms. The van der Waals surface area contributed by atoms with Gasteiger partial charge in [0.15, 0.2) is 0 Å². The van der Waals surface area contributed by atoms with Crippen molar-refractivity contribution in [2.45, 2.75) is 19.1 Å². The molecule has 9 nitrogen and oxygen atoms in total. The zero-order valence-corrected chi connectivity index (χ0v) is 15.8. The number of aromatic nitrogens is 2. The zero-order chi connectivity index (χ0) is 20.3. The van der Waals surface area contributed by atoms with Gasteiger partial charge in [0.25, 0.3) is 11.8 Å². The van der Waals surface area contributed by atoms with Crippen LogP contribution in [0.25, 0.3) is 0 Å². The lowest BCUT2D eigenvalue weighted by Crippen LogP contribution is -2.47.